The van der Waals surface area contributed by atoms with Crippen molar-refractivity contribution in [2.75, 3.05) is 7.11 Å². The molecule has 0 radical (unpaired) electrons. The molecule has 0 N–H and O–H groups in total. The van der Waals surface area contributed by atoms with Crippen molar-refractivity contribution in [1.82, 2.24) is 0 Å². The average molecular weight is 389 g/mol. The second-order valence-electron chi connectivity index (χ2n) is 5.35. The molecule has 1 unspecified atom stereocenters. The fraction of sp³-hybridized carbons (Fsp3) is 0.211. The fourth-order valence-electron chi connectivity index (χ4n) is 2.35. The summed E-state index contributed by atoms with van der Waals surface area (Å²) < 4.78 is 5.62. The smallest absolute Gasteiger partial charge is 0.309 e. The summed E-state index contributed by atoms with van der Waals surface area (Å²) in [5.74, 6) is -1.73. The first-order chi connectivity index (χ1) is 11.5. The molecule has 0 amide bonds. The first-order valence-electron chi connectivity index (χ1n) is 7.46. The van der Waals surface area contributed by atoms with Gasteiger partial charge in [-0.2, -0.15) is 0 Å². The first-order valence-corrected chi connectivity index (χ1v) is 8.25. The minimum atomic E-state index is -0.793. The van der Waals surface area contributed by atoms with Gasteiger partial charge in [-0.05, 0) is 12.1 Å². The van der Waals surface area contributed by atoms with Crippen molar-refractivity contribution in [3.8, 4) is 0 Å². The number of rotatable bonds is 7. The van der Waals surface area contributed by atoms with E-state index in [1.807, 2.05) is 6.07 Å². The summed E-state index contributed by atoms with van der Waals surface area (Å²) in [4.78, 5) is 36.6. The second-order valence-corrected chi connectivity index (χ2v) is 6.26. The van der Waals surface area contributed by atoms with Crippen molar-refractivity contribution in [2.24, 2.45) is 5.92 Å². The van der Waals surface area contributed by atoms with Gasteiger partial charge < -0.3 is 4.74 Å². The summed E-state index contributed by atoms with van der Waals surface area (Å²) in [7, 11) is 1.26. The molecule has 4 nitrogen and oxygen atoms in total. The van der Waals surface area contributed by atoms with E-state index in [0.717, 1.165) is 4.47 Å². The Bertz CT molecular complexity index is 723. The Labute approximate surface area is 149 Å². The SMILES string of the molecule is COC(=O)C(CC(=O)c1ccccc1)CC(=O)c1ccc(Br)cc1. The number of ether oxygens (including phenoxy) is 1. The molecule has 1 atom stereocenters. The zero-order valence-corrected chi connectivity index (χ0v) is 14.8. The maximum atomic E-state index is 12.4. The Morgan fingerprint density at radius 1 is 0.875 bits per heavy atom. The van der Waals surface area contributed by atoms with Crippen molar-refractivity contribution in [1.29, 1.82) is 0 Å². The lowest BCUT2D eigenvalue weighted by atomic mass is 9.92. The highest BCUT2D eigenvalue weighted by atomic mass is 79.9. The van der Waals surface area contributed by atoms with Crippen LogP contribution in [0.4, 0.5) is 0 Å². The van der Waals surface area contributed by atoms with E-state index in [4.69, 9.17) is 4.74 Å². The van der Waals surface area contributed by atoms with E-state index < -0.39 is 11.9 Å². The van der Waals surface area contributed by atoms with Crippen LogP contribution in [0.15, 0.2) is 59.1 Å². The van der Waals surface area contributed by atoms with Crippen molar-refractivity contribution in [3.05, 3.63) is 70.2 Å². The molecule has 5 heteroatoms. The molecule has 0 saturated heterocycles. The molecule has 2 rings (SSSR count). The quantitative estimate of drug-likeness (QED) is 0.529. The van der Waals surface area contributed by atoms with Gasteiger partial charge in [0.25, 0.3) is 0 Å². The topological polar surface area (TPSA) is 60.4 Å². The third-order valence-corrected chi connectivity index (χ3v) is 4.19. The maximum absolute atomic E-state index is 12.4. The number of benzene rings is 2. The van der Waals surface area contributed by atoms with Crippen LogP contribution in [0.2, 0.25) is 0 Å². The lowest BCUT2D eigenvalue weighted by molar-refractivity contribution is -0.145. The van der Waals surface area contributed by atoms with Crippen LogP contribution in [0.1, 0.15) is 33.6 Å². The molecular weight excluding hydrogens is 372 g/mol. The predicted octanol–water partition coefficient (Wildman–Crippen LogP) is 4.08. The molecule has 0 aliphatic carbocycles. The summed E-state index contributed by atoms with van der Waals surface area (Å²) >= 11 is 3.31. The molecule has 2 aromatic carbocycles. The number of carbonyl (C=O) groups excluding carboxylic acids is 3. The molecule has 0 aromatic heterocycles. The van der Waals surface area contributed by atoms with E-state index in [9.17, 15) is 14.4 Å². The Morgan fingerprint density at radius 2 is 1.38 bits per heavy atom. The van der Waals surface area contributed by atoms with Crippen LogP contribution in [-0.2, 0) is 9.53 Å². The largest absolute Gasteiger partial charge is 0.469 e. The minimum Gasteiger partial charge on any atom is -0.469 e. The van der Waals surface area contributed by atoms with Gasteiger partial charge in [-0.1, -0.05) is 58.4 Å². The van der Waals surface area contributed by atoms with Crippen molar-refractivity contribution in [3.63, 3.8) is 0 Å². The number of Topliss-reactive ketones (excluding diaryl/α,β-unsaturated/α-hetero) is 2. The number of ketones is 2. The summed E-state index contributed by atoms with van der Waals surface area (Å²) in [6.45, 7) is 0. The van der Waals surface area contributed by atoms with Crippen molar-refractivity contribution >= 4 is 33.5 Å². The van der Waals surface area contributed by atoms with E-state index in [-0.39, 0.29) is 24.4 Å². The highest BCUT2D eigenvalue weighted by Gasteiger charge is 2.26. The highest BCUT2D eigenvalue weighted by Crippen LogP contribution is 2.19. The average Bonchev–Trinajstić information content (AvgIpc) is 2.61. The Balaban J connectivity index is 2.11. The molecule has 0 heterocycles. The number of hydrogen-bond acceptors (Lipinski definition) is 4. The van der Waals surface area contributed by atoms with Crippen LogP contribution in [0.3, 0.4) is 0 Å². The number of carbonyl (C=O) groups is 3. The second kappa shape index (κ2) is 8.55. The summed E-state index contributed by atoms with van der Waals surface area (Å²) in [5.41, 5.74) is 1.02. The van der Waals surface area contributed by atoms with Crippen LogP contribution in [0.5, 0.6) is 0 Å². The van der Waals surface area contributed by atoms with E-state index >= 15 is 0 Å². The molecule has 0 bridgehead atoms. The van der Waals surface area contributed by atoms with E-state index in [0.29, 0.717) is 11.1 Å². The lowest BCUT2D eigenvalue weighted by Gasteiger charge is -2.13. The van der Waals surface area contributed by atoms with Gasteiger partial charge in [0.05, 0.1) is 13.0 Å². The molecule has 0 spiro atoms. The van der Waals surface area contributed by atoms with Crippen LogP contribution in [0, 0.1) is 5.92 Å². The van der Waals surface area contributed by atoms with Gasteiger partial charge in [0.2, 0.25) is 0 Å². The molecule has 0 fully saturated rings. The van der Waals surface area contributed by atoms with E-state index in [2.05, 4.69) is 15.9 Å². The van der Waals surface area contributed by atoms with Gasteiger partial charge in [0, 0.05) is 28.4 Å². The molecule has 0 saturated carbocycles. The minimum absolute atomic E-state index is 0.0566. The number of methoxy groups -OCH3 is 1. The highest BCUT2D eigenvalue weighted by molar-refractivity contribution is 9.10. The predicted molar refractivity (Wildman–Crippen MR) is 94.0 cm³/mol. The van der Waals surface area contributed by atoms with Crippen LogP contribution >= 0.6 is 15.9 Å². The van der Waals surface area contributed by atoms with Gasteiger partial charge >= 0.3 is 5.97 Å². The van der Waals surface area contributed by atoms with E-state index in [1.165, 1.54) is 7.11 Å². The molecule has 124 valence electrons. The van der Waals surface area contributed by atoms with Gasteiger partial charge in [-0.25, -0.2) is 0 Å². The van der Waals surface area contributed by atoms with E-state index in [1.54, 1.807) is 48.5 Å². The lowest BCUT2D eigenvalue weighted by Crippen LogP contribution is -2.23. The zero-order valence-electron chi connectivity index (χ0n) is 13.2. The Kier molecular flexibility index (Phi) is 6.44. The first kappa shape index (κ1) is 18.1. The number of halogens is 1. The zero-order chi connectivity index (χ0) is 17.5. The van der Waals surface area contributed by atoms with Crippen molar-refractivity contribution in [2.45, 2.75) is 12.8 Å². The van der Waals surface area contributed by atoms with Crippen LogP contribution < -0.4 is 0 Å². The normalized spacial score (nSPS) is 11.6. The Morgan fingerprint density at radius 3 is 1.88 bits per heavy atom. The molecule has 0 aliphatic rings. The Hall–Kier alpha value is -2.27. The van der Waals surface area contributed by atoms with Crippen LogP contribution in [-0.4, -0.2) is 24.6 Å². The molecular formula is C19H17BrO4. The third-order valence-electron chi connectivity index (χ3n) is 3.66. The summed E-state index contributed by atoms with van der Waals surface area (Å²) in [6.07, 6.45) is -0.119. The van der Waals surface area contributed by atoms with Crippen LogP contribution in [0.25, 0.3) is 0 Å². The maximum Gasteiger partial charge on any atom is 0.309 e. The monoisotopic (exact) mass is 388 g/mol. The summed E-state index contributed by atoms with van der Waals surface area (Å²) in [5, 5.41) is 0. The van der Waals surface area contributed by atoms with Crippen molar-refractivity contribution < 1.29 is 19.1 Å². The molecule has 2 aromatic rings. The number of esters is 1. The molecule has 0 aliphatic heterocycles. The molecule has 24 heavy (non-hydrogen) atoms. The number of hydrogen-bond donors (Lipinski definition) is 0. The standard InChI is InChI=1S/C19H17BrO4/c1-24-19(23)15(11-17(21)13-5-3-2-4-6-13)12-18(22)14-7-9-16(20)10-8-14/h2-10,15H,11-12H2,1H3. The third kappa shape index (κ3) is 4.86. The van der Waals surface area contributed by atoms with Gasteiger partial charge in [0.15, 0.2) is 11.6 Å². The van der Waals surface area contributed by atoms with Gasteiger partial charge in [-0.3, -0.25) is 14.4 Å². The van der Waals surface area contributed by atoms with Gasteiger partial charge in [-0.15, -0.1) is 0 Å². The summed E-state index contributed by atoms with van der Waals surface area (Å²) in [6, 6.07) is 15.6. The fourth-order valence-corrected chi connectivity index (χ4v) is 2.61. The van der Waals surface area contributed by atoms with Gasteiger partial charge in [0.1, 0.15) is 0 Å².